The quantitative estimate of drug-likeness (QED) is 0.129. The minimum Gasteiger partial charge on any atom is -0.463 e. The third-order valence-electron chi connectivity index (χ3n) is 6.67. The van der Waals surface area contributed by atoms with Crippen molar-refractivity contribution in [2.45, 2.75) is 130 Å². The second-order valence-corrected chi connectivity index (χ2v) is 10.9. The normalized spacial score (nSPS) is 29.8. The van der Waals surface area contributed by atoms with Crippen molar-refractivity contribution in [3.05, 3.63) is 0 Å². The second kappa shape index (κ2) is 19.2. The number of carbonyl (C=O) groups is 7. The van der Waals surface area contributed by atoms with Gasteiger partial charge in [0.1, 0.15) is 31.5 Å². The fourth-order valence-corrected chi connectivity index (χ4v) is 4.96. The van der Waals surface area contributed by atoms with Crippen molar-refractivity contribution in [1.29, 1.82) is 0 Å². The minimum absolute atomic E-state index is 0.157. The van der Waals surface area contributed by atoms with Crippen molar-refractivity contribution in [3.8, 4) is 0 Å². The van der Waals surface area contributed by atoms with Crippen molar-refractivity contribution < 1.29 is 85.7 Å². The highest BCUT2D eigenvalue weighted by atomic mass is 16.8. The Labute approximate surface area is 277 Å². The molecule has 0 aromatic rings. The highest BCUT2D eigenvalue weighted by molar-refractivity contribution is 5.69. The molecule has 0 aliphatic carbocycles. The Bertz CT molecular complexity index is 1150. The van der Waals surface area contributed by atoms with E-state index in [1.165, 1.54) is 0 Å². The van der Waals surface area contributed by atoms with Crippen molar-refractivity contribution in [1.82, 2.24) is 0 Å². The number of rotatable bonds is 15. The van der Waals surface area contributed by atoms with Crippen LogP contribution in [0, 0.1) is 0 Å². The average Bonchev–Trinajstić information content (AvgIpc) is 2.95. The summed E-state index contributed by atoms with van der Waals surface area (Å²) in [5, 5.41) is 0. The van der Waals surface area contributed by atoms with Crippen molar-refractivity contribution in [2.24, 2.45) is 0 Å². The monoisotopic (exact) mass is 692 g/mol. The molecule has 0 unspecified atom stereocenters. The zero-order valence-electron chi connectivity index (χ0n) is 28.2. The van der Waals surface area contributed by atoms with Crippen LogP contribution < -0.4 is 0 Å². The Morgan fingerprint density at radius 1 is 0.479 bits per heavy atom. The Morgan fingerprint density at radius 2 is 0.896 bits per heavy atom. The largest absolute Gasteiger partial charge is 0.463 e. The summed E-state index contributed by atoms with van der Waals surface area (Å²) in [6, 6.07) is 0. The summed E-state index contributed by atoms with van der Waals surface area (Å²) >= 11 is 0. The van der Waals surface area contributed by atoms with Gasteiger partial charge in [0.25, 0.3) is 0 Å². The lowest BCUT2D eigenvalue weighted by Gasteiger charge is -2.48. The van der Waals surface area contributed by atoms with Gasteiger partial charge in [0.15, 0.2) is 36.8 Å². The molecule has 0 N–H and O–H groups in total. The van der Waals surface area contributed by atoms with Gasteiger partial charge in [-0.1, -0.05) is 13.3 Å². The highest BCUT2D eigenvalue weighted by Crippen LogP contribution is 2.35. The van der Waals surface area contributed by atoms with Crippen LogP contribution in [0.25, 0.3) is 0 Å². The summed E-state index contributed by atoms with van der Waals surface area (Å²) in [5.74, 6) is -5.69. The summed E-state index contributed by atoms with van der Waals surface area (Å²) in [6.45, 7) is 8.71. The van der Waals surface area contributed by atoms with E-state index in [1.807, 2.05) is 6.92 Å². The number of hydrogen-bond donors (Lipinski definition) is 0. The first kappa shape index (κ1) is 40.3. The van der Waals surface area contributed by atoms with Crippen LogP contribution in [-0.2, 0) is 85.7 Å². The van der Waals surface area contributed by atoms with Crippen LogP contribution in [-0.4, -0.2) is 123 Å². The standard InChI is InChI=1S/C30H44O18/c1-9-10-11-38-23-21(12-39-14(2)31)46-30(27(44-19(7)36)25(23)42-17(5)34)48-28-26(43-18(6)35)24(41-16(4)33)22(13-40-15(3)32)47-29(28)45-20(8)37/h21-30H,9-13H2,1-8H3/t21-,22+,23-,24-,25+,26+,27+,28+,29+,30-/m1/s1. The predicted molar refractivity (Wildman–Crippen MR) is 154 cm³/mol. The number of unbranched alkanes of at least 4 members (excludes halogenated alkanes) is 1. The topological polar surface area (TPSA) is 221 Å². The van der Waals surface area contributed by atoms with Gasteiger partial charge in [-0.25, -0.2) is 0 Å². The molecule has 18 nitrogen and oxygen atoms in total. The zero-order chi connectivity index (χ0) is 36.1. The van der Waals surface area contributed by atoms with Gasteiger partial charge in [-0.15, -0.1) is 0 Å². The van der Waals surface area contributed by atoms with Crippen LogP contribution in [0.3, 0.4) is 0 Å². The number of esters is 7. The van der Waals surface area contributed by atoms with Gasteiger partial charge in [-0.3, -0.25) is 33.6 Å². The molecular formula is C30H44O18. The van der Waals surface area contributed by atoms with E-state index < -0.39 is 116 Å². The molecule has 2 aliphatic rings. The third kappa shape index (κ3) is 12.6. The van der Waals surface area contributed by atoms with E-state index in [-0.39, 0.29) is 6.61 Å². The van der Waals surface area contributed by atoms with Gasteiger partial charge in [-0.05, 0) is 6.42 Å². The summed E-state index contributed by atoms with van der Waals surface area (Å²) < 4.78 is 61.8. The van der Waals surface area contributed by atoms with E-state index in [4.69, 9.17) is 52.1 Å². The molecule has 2 heterocycles. The molecule has 2 saturated heterocycles. The molecular weight excluding hydrogens is 648 g/mol. The lowest BCUT2D eigenvalue weighted by atomic mass is 9.96. The smallest absolute Gasteiger partial charge is 0.305 e. The molecule has 10 atom stereocenters. The molecule has 0 radical (unpaired) electrons. The maximum atomic E-state index is 12.4. The molecule has 2 fully saturated rings. The predicted octanol–water partition coefficient (Wildman–Crippen LogP) is 0.423. The number of carbonyl (C=O) groups excluding carboxylic acids is 7. The SMILES string of the molecule is CCCCO[C@H]1[C@H](OC(C)=O)[C@H](OC(C)=O)[C@@H](O[C@@H]2[C@@H](OC(C)=O)O[C@@H](COC(C)=O)[C@@H](OC(C)=O)[C@@H]2OC(C)=O)O[C@@H]1COC(C)=O. The van der Waals surface area contributed by atoms with Gasteiger partial charge >= 0.3 is 41.8 Å². The molecule has 0 aromatic carbocycles. The average molecular weight is 693 g/mol. The Balaban J connectivity index is 2.69. The van der Waals surface area contributed by atoms with E-state index in [9.17, 15) is 33.6 Å². The maximum absolute atomic E-state index is 12.4. The lowest BCUT2D eigenvalue weighted by Crippen LogP contribution is -2.67. The summed E-state index contributed by atoms with van der Waals surface area (Å²) in [4.78, 5) is 84.8. The van der Waals surface area contributed by atoms with Crippen molar-refractivity contribution >= 4 is 41.8 Å². The molecule has 18 heteroatoms. The summed E-state index contributed by atoms with van der Waals surface area (Å²) in [7, 11) is 0. The fraction of sp³-hybridized carbons (Fsp3) is 0.767. The van der Waals surface area contributed by atoms with E-state index in [2.05, 4.69) is 0 Å². The first-order valence-electron chi connectivity index (χ1n) is 15.2. The minimum atomic E-state index is -1.74. The number of ether oxygens (including phenoxy) is 11. The molecule has 272 valence electrons. The fourth-order valence-electron chi connectivity index (χ4n) is 4.96. The van der Waals surface area contributed by atoms with Crippen LogP contribution in [0.2, 0.25) is 0 Å². The second-order valence-electron chi connectivity index (χ2n) is 10.9. The van der Waals surface area contributed by atoms with Crippen LogP contribution in [0.1, 0.15) is 68.2 Å². The van der Waals surface area contributed by atoms with E-state index in [0.717, 1.165) is 54.9 Å². The lowest BCUT2D eigenvalue weighted by molar-refractivity contribution is -0.365. The van der Waals surface area contributed by atoms with E-state index >= 15 is 0 Å². The number of hydrogen-bond acceptors (Lipinski definition) is 18. The Kier molecular flexibility index (Phi) is 16.1. The molecule has 0 saturated carbocycles. The summed E-state index contributed by atoms with van der Waals surface area (Å²) in [6.07, 6.45) is -13.7. The van der Waals surface area contributed by atoms with Gasteiger partial charge < -0.3 is 52.1 Å². The van der Waals surface area contributed by atoms with Crippen LogP contribution in [0.15, 0.2) is 0 Å². The van der Waals surface area contributed by atoms with Crippen molar-refractivity contribution in [2.75, 3.05) is 19.8 Å². The first-order chi connectivity index (χ1) is 22.5. The van der Waals surface area contributed by atoms with Gasteiger partial charge in [0.2, 0.25) is 6.29 Å². The molecule has 2 rings (SSSR count). The Hall–Kier alpha value is -3.87. The molecule has 0 amide bonds. The van der Waals surface area contributed by atoms with E-state index in [0.29, 0.717) is 6.42 Å². The van der Waals surface area contributed by atoms with Crippen LogP contribution in [0.4, 0.5) is 0 Å². The summed E-state index contributed by atoms with van der Waals surface area (Å²) in [5.41, 5.74) is 0. The third-order valence-corrected chi connectivity index (χ3v) is 6.67. The van der Waals surface area contributed by atoms with E-state index in [1.54, 1.807) is 0 Å². The highest BCUT2D eigenvalue weighted by Gasteiger charge is 2.57. The zero-order valence-corrected chi connectivity index (χ0v) is 28.2. The first-order valence-corrected chi connectivity index (χ1v) is 15.2. The van der Waals surface area contributed by atoms with Crippen LogP contribution >= 0.6 is 0 Å². The Morgan fingerprint density at radius 3 is 1.35 bits per heavy atom. The molecule has 2 aliphatic heterocycles. The molecule has 0 bridgehead atoms. The van der Waals surface area contributed by atoms with Gasteiger partial charge in [0, 0.05) is 55.1 Å². The molecule has 0 aromatic heterocycles. The molecule has 48 heavy (non-hydrogen) atoms. The van der Waals surface area contributed by atoms with Crippen molar-refractivity contribution in [3.63, 3.8) is 0 Å². The van der Waals surface area contributed by atoms with Gasteiger partial charge in [-0.2, -0.15) is 0 Å². The molecule has 0 spiro atoms. The maximum Gasteiger partial charge on any atom is 0.305 e. The van der Waals surface area contributed by atoms with Crippen LogP contribution in [0.5, 0.6) is 0 Å². The van der Waals surface area contributed by atoms with Gasteiger partial charge in [0.05, 0.1) is 0 Å².